The largest absolute Gasteiger partial charge is 0.0843 e. The molecule has 1 heteroatoms. The van der Waals surface area contributed by atoms with Gasteiger partial charge in [-0.15, -0.1) is 0 Å². The van der Waals surface area contributed by atoms with Gasteiger partial charge in [0.1, 0.15) is 0 Å². The molecule has 7 rings (SSSR count). The van der Waals surface area contributed by atoms with Gasteiger partial charge in [-0.3, -0.25) is 0 Å². The highest BCUT2D eigenvalue weighted by atomic mass is 35.5. The summed E-state index contributed by atoms with van der Waals surface area (Å²) in [6, 6.07) is 7.29. The van der Waals surface area contributed by atoms with Crippen LogP contribution in [-0.4, -0.2) is 0 Å². The smallest absolute Gasteiger partial charge is 0.0411 e. The van der Waals surface area contributed by atoms with E-state index in [1.807, 2.05) is 0 Å². The SMILES string of the molecule is Clc1cc(C23C4CCCC2C43)cc(C23C4CCCC2C43)c1. The summed E-state index contributed by atoms with van der Waals surface area (Å²) in [7, 11) is 0. The van der Waals surface area contributed by atoms with Crippen LogP contribution in [0.5, 0.6) is 0 Å². The van der Waals surface area contributed by atoms with Crippen LogP contribution in [0.3, 0.4) is 0 Å². The molecule has 0 radical (unpaired) electrons. The third kappa shape index (κ3) is 0.946. The van der Waals surface area contributed by atoms with Gasteiger partial charge in [0.25, 0.3) is 0 Å². The van der Waals surface area contributed by atoms with E-state index in [0.717, 1.165) is 40.5 Å². The van der Waals surface area contributed by atoms with Gasteiger partial charge < -0.3 is 0 Å². The van der Waals surface area contributed by atoms with Crippen molar-refractivity contribution in [1.29, 1.82) is 0 Å². The van der Waals surface area contributed by atoms with Crippen molar-refractivity contribution in [2.45, 2.75) is 49.4 Å². The minimum absolute atomic E-state index is 0.628. The standard InChI is InChI=1S/C20H21Cl/c21-12-8-10(19-13-3-1-4-14(19)17(13)19)7-11(9-12)20-15-5-2-6-16(20)18(15)20/h7-9,13-18H,1-6H2. The van der Waals surface area contributed by atoms with Gasteiger partial charge in [-0.05, 0) is 84.5 Å². The molecule has 108 valence electrons. The van der Waals surface area contributed by atoms with E-state index in [1.165, 1.54) is 38.5 Å². The number of rotatable bonds is 2. The summed E-state index contributed by atoms with van der Waals surface area (Å²) >= 11 is 6.57. The van der Waals surface area contributed by atoms with Gasteiger partial charge in [-0.1, -0.05) is 30.5 Å². The first-order valence-electron chi connectivity index (χ1n) is 9.12. The monoisotopic (exact) mass is 296 g/mol. The summed E-state index contributed by atoms with van der Waals surface area (Å²) in [5, 5.41) is 1.03. The van der Waals surface area contributed by atoms with E-state index in [2.05, 4.69) is 18.2 Å². The molecule has 0 bridgehead atoms. The summed E-state index contributed by atoms with van der Waals surface area (Å²) in [5.41, 5.74) is 4.55. The molecular formula is C20H21Cl. The van der Waals surface area contributed by atoms with Crippen molar-refractivity contribution in [2.24, 2.45) is 35.5 Å². The van der Waals surface area contributed by atoms with Crippen molar-refractivity contribution in [3.05, 3.63) is 34.3 Å². The fourth-order valence-electron chi connectivity index (χ4n) is 8.04. The second kappa shape index (κ2) is 2.96. The zero-order valence-electron chi connectivity index (χ0n) is 12.3. The Morgan fingerprint density at radius 3 is 1.52 bits per heavy atom. The number of fused-ring (bicyclic) bond motifs is 4. The van der Waals surface area contributed by atoms with Crippen LogP contribution in [0.4, 0.5) is 0 Å². The third-order valence-corrected chi connectivity index (χ3v) is 9.03. The van der Waals surface area contributed by atoms with E-state index in [0.29, 0.717) is 10.8 Å². The van der Waals surface area contributed by atoms with Crippen LogP contribution in [0, 0.1) is 35.5 Å². The highest BCUT2D eigenvalue weighted by molar-refractivity contribution is 6.30. The molecule has 0 saturated heterocycles. The molecule has 6 saturated carbocycles. The van der Waals surface area contributed by atoms with Crippen LogP contribution in [0.25, 0.3) is 0 Å². The normalized spacial score (nSPS) is 59.9. The summed E-state index contributed by atoms with van der Waals surface area (Å²) in [4.78, 5) is 0. The van der Waals surface area contributed by atoms with E-state index in [9.17, 15) is 0 Å². The maximum Gasteiger partial charge on any atom is 0.0411 e. The van der Waals surface area contributed by atoms with Crippen LogP contribution in [0.1, 0.15) is 49.7 Å². The maximum atomic E-state index is 6.57. The number of benzene rings is 1. The van der Waals surface area contributed by atoms with Gasteiger partial charge in [0.15, 0.2) is 0 Å². The quantitative estimate of drug-likeness (QED) is 0.725. The van der Waals surface area contributed by atoms with E-state index < -0.39 is 0 Å². The summed E-state index contributed by atoms with van der Waals surface area (Å²) in [6.45, 7) is 0. The Balaban J connectivity index is 1.34. The van der Waals surface area contributed by atoms with E-state index >= 15 is 0 Å². The molecule has 0 amide bonds. The minimum Gasteiger partial charge on any atom is -0.0843 e. The zero-order valence-corrected chi connectivity index (χ0v) is 13.1. The van der Waals surface area contributed by atoms with Gasteiger partial charge in [0.2, 0.25) is 0 Å². The molecule has 6 fully saturated rings. The molecule has 1 aromatic carbocycles. The Morgan fingerprint density at radius 2 is 1.14 bits per heavy atom. The average Bonchev–Trinajstić information content (AvgIpc) is 3.42. The Bertz CT molecular complexity index is 605. The van der Waals surface area contributed by atoms with Crippen LogP contribution < -0.4 is 0 Å². The minimum atomic E-state index is 0.628. The average molecular weight is 297 g/mol. The summed E-state index contributed by atoms with van der Waals surface area (Å²) in [6.07, 6.45) is 8.92. The lowest BCUT2D eigenvalue weighted by Crippen LogP contribution is -2.21. The van der Waals surface area contributed by atoms with Crippen molar-refractivity contribution < 1.29 is 0 Å². The topological polar surface area (TPSA) is 0 Å². The van der Waals surface area contributed by atoms with Gasteiger partial charge in [0, 0.05) is 15.9 Å². The van der Waals surface area contributed by atoms with Crippen LogP contribution in [0.2, 0.25) is 5.02 Å². The lowest BCUT2D eigenvalue weighted by Gasteiger charge is -2.28. The molecule has 0 nitrogen and oxygen atoms in total. The first-order chi connectivity index (χ1) is 10.3. The lowest BCUT2D eigenvalue weighted by molar-refractivity contribution is 0.311. The number of hydrogen-bond acceptors (Lipinski definition) is 0. The Labute approximate surface area is 131 Å². The maximum absolute atomic E-state index is 6.57. The second-order valence-corrected chi connectivity index (χ2v) is 9.37. The summed E-state index contributed by atoms with van der Waals surface area (Å²) < 4.78 is 0. The molecule has 1 aromatic rings. The molecule has 6 aliphatic rings. The van der Waals surface area contributed by atoms with Crippen molar-refractivity contribution in [3.63, 3.8) is 0 Å². The molecule has 4 unspecified atom stereocenters. The predicted molar refractivity (Wildman–Crippen MR) is 83.5 cm³/mol. The third-order valence-electron chi connectivity index (χ3n) is 8.81. The first kappa shape index (κ1) is 11.1. The molecule has 0 aliphatic heterocycles. The van der Waals surface area contributed by atoms with Crippen molar-refractivity contribution in [1.82, 2.24) is 0 Å². The van der Waals surface area contributed by atoms with Crippen molar-refractivity contribution in [3.8, 4) is 0 Å². The Kier molecular flexibility index (Phi) is 1.57. The van der Waals surface area contributed by atoms with Gasteiger partial charge in [-0.2, -0.15) is 0 Å². The first-order valence-corrected chi connectivity index (χ1v) is 9.50. The number of halogens is 1. The Morgan fingerprint density at radius 1 is 0.714 bits per heavy atom. The van der Waals surface area contributed by atoms with Crippen LogP contribution in [-0.2, 0) is 10.8 Å². The van der Waals surface area contributed by atoms with Gasteiger partial charge in [-0.25, -0.2) is 0 Å². The number of hydrogen-bond donors (Lipinski definition) is 0. The molecule has 0 aromatic heterocycles. The van der Waals surface area contributed by atoms with Crippen molar-refractivity contribution >= 4 is 11.6 Å². The molecular weight excluding hydrogens is 276 g/mol. The molecule has 21 heavy (non-hydrogen) atoms. The fourth-order valence-corrected chi connectivity index (χ4v) is 8.28. The predicted octanol–water partition coefficient (Wildman–Crippen LogP) is 4.94. The highest BCUT2D eigenvalue weighted by Gasteiger charge is 2.88. The van der Waals surface area contributed by atoms with Crippen LogP contribution >= 0.6 is 11.6 Å². The van der Waals surface area contributed by atoms with Crippen LogP contribution in [0.15, 0.2) is 18.2 Å². The van der Waals surface area contributed by atoms with E-state index in [-0.39, 0.29) is 0 Å². The zero-order chi connectivity index (χ0) is 13.6. The molecule has 4 atom stereocenters. The molecule has 0 heterocycles. The molecule has 0 spiro atoms. The van der Waals surface area contributed by atoms with E-state index in [1.54, 1.807) is 11.1 Å². The fraction of sp³-hybridized carbons (Fsp3) is 0.700. The molecule has 6 aliphatic carbocycles. The summed E-state index contributed by atoms with van der Waals surface area (Å²) in [5.74, 6) is 6.26. The van der Waals surface area contributed by atoms with Gasteiger partial charge in [0.05, 0.1) is 0 Å². The molecule has 0 N–H and O–H groups in total. The van der Waals surface area contributed by atoms with Crippen molar-refractivity contribution in [2.75, 3.05) is 0 Å². The second-order valence-electron chi connectivity index (χ2n) is 8.93. The highest BCUT2D eigenvalue weighted by Crippen LogP contribution is 2.90. The van der Waals surface area contributed by atoms with E-state index in [4.69, 9.17) is 11.6 Å². The lowest BCUT2D eigenvalue weighted by atomic mass is 9.77. The Hall–Kier alpha value is -0.490. The van der Waals surface area contributed by atoms with Gasteiger partial charge >= 0.3 is 0 Å².